The fourth-order valence-electron chi connectivity index (χ4n) is 4.66. The lowest BCUT2D eigenvalue weighted by Gasteiger charge is -2.13. The molecule has 0 radical (unpaired) electrons. The highest BCUT2D eigenvalue weighted by atomic mass is 14.9. The monoisotopic (exact) mass is 520 g/mol. The zero-order valence-electron chi connectivity index (χ0n) is 22.8. The molecular weight excluding hydrogens is 488 g/mol. The molecule has 40 heavy (non-hydrogen) atoms. The summed E-state index contributed by atoms with van der Waals surface area (Å²) in [4.78, 5) is 17.2. The Morgan fingerprint density at radius 2 is 0.725 bits per heavy atom. The molecule has 4 nitrogen and oxygen atoms in total. The molecule has 196 valence electrons. The number of hydrogen-bond donors (Lipinski definition) is 0. The summed E-state index contributed by atoms with van der Waals surface area (Å²) in [5, 5.41) is 0. The molecule has 0 aliphatic carbocycles. The van der Waals surface area contributed by atoms with Crippen molar-refractivity contribution < 1.29 is 0 Å². The largest absolute Gasteiger partial charge is 0.237 e. The Hall–Kier alpha value is -4.96. The van der Waals surface area contributed by atoms with Crippen LogP contribution in [0.1, 0.15) is 47.9 Å². The van der Waals surface area contributed by atoms with Gasteiger partial charge in [-0.25, -0.2) is 19.9 Å². The summed E-state index contributed by atoms with van der Waals surface area (Å²) < 4.78 is 0. The van der Waals surface area contributed by atoms with E-state index in [4.69, 9.17) is 0 Å². The van der Waals surface area contributed by atoms with Crippen molar-refractivity contribution in [1.29, 1.82) is 0 Å². The number of nitrogens with zero attached hydrogens (tertiary/aromatic N) is 4. The Kier molecular flexibility index (Phi) is 8.80. The fraction of sp³-hybridized carbons (Fsp3) is 0.111. The van der Waals surface area contributed by atoms with Crippen LogP contribution in [-0.2, 0) is 0 Å². The molecule has 4 heteroatoms. The van der Waals surface area contributed by atoms with Gasteiger partial charge in [-0.05, 0) is 46.5 Å². The number of hydrogen-bond acceptors (Lipinski definition) is 4. The summed E-state index contributed by atoms with van der Waals surface area (Å²) in [6, 6.07) is 41.6. The predicted octanol–water partition coefficient (Wildman–Crippen LogP) is 8.59. The minimum Gasteiger partial charge on any atom is -0.237 e. The molecule has 2 aromatic heterocycles. The van der Waals surface area contributed by atoms with Gasteiger partial charge in [0.05, 0.1) is 0 Å². The lowest BCUT2D eigenvalue weighted by molar-refractivity contribution is 0.922. The molecule has 2 heterocycles. The van der Waals surface area contributed by atoms with Crippen LogP contribution in [0.4, 0.5) is 0 Å². The Bertz CT molecular complexity index is 1480. The zero-order chi connectivity index (χ0) is 27.6. The van der Waals surface area contributed by atoms with Crippen LogP contribution in [0, 0.1) is 0 Å². The second-order valence-electron chi connectivity index (χ2n) is 9.66. The van der Waals surface area contributed by atoms with Crippen LogP contribution in [0.5, 0.6) is 0 Å². The van der Waals surface area contributed by atoms with Gasteiger partial charge in [0, 0.05) is 47.8 Å². The maximum Gasteiger partial charge on any atom is 0.159 e. The summed E-state index contributed by atoms with van der Waals surface area (Å²) in [6.07, 6.45) is 7.09. The van der Waals surface area contributed by atoms with Gasteiger partial charge in [-0.15, -0.1) is 0 Å². The molecule has 0 unspecified atom stereocenters. The molecule has 0 aliphatic rings. The van der Waals surface area contributed by atoms with Crippen LogP contribution in [0.2, 0.25) is 0 Å². The third kappa shape index (κ3) is 6.72. The van der Waals surface area contributed by atoms with Crippen molar-refractivity contribution in [3.05, 3.63) is 168 Å². The van der Waals surface area contributed by atoms with Gasteiger partial charge in [0.2, 0.25) is 0 Å². The molecule has 0 saturated carbocycles. The van der Waals surface area contributed by atoms with Crippen LogP contribution >= 0.6 is 0 Å². The molecule has 0 saturated heterocycles. The maximum atomic E-state index is 4.31. The average molecular weight is 521 g/mol. The first-order chi connectivity index (χ1) is 19.7. The van der Waals surface area contributed by atoms with Crippen molar-refractivity contribution in [3.8, 4) is 22.8 Å². The Labute approximate surface area is 236 Å². The highest BCUT2D eigenvalue weighted by molar-refractivity contribution is 5.57. The van der Waals surface area contributed by atoms with Crippen molar-refractivity contribution in [2.75, 3.05) is 0 Å². The molecule has 0 aliphatic heterocycles. The smallest absolute Gasteiger partial charge is 0.159 e. The van der Waals surface area contributed by atoms with Gasteiger partial charge in [0.25, 0.3) is 0 Å². The van der Waals surface area contributed by atoms with E-state index in [1.165, 1.54) is 22.3 Å². The first-order valence-electron chi connectivity index (χ1n) is 13.5. The van der Waals surface area contributed by atoms with Gasteiger partial charge in [-0.1, -0.05) is 111 Å². The van der Waals surface area contributed by atoms with Gasteiger partial charge < -0.3 is 0 Å². The molecule has 0 N–H and O–H groups in total. The lowest BCUT2D eigenvalue weighted by atomic mass is 9.92. The third-order valence-corrected chi connectivity index (χ3v) is 7.02. The molecule has 6 aromatic rings. The second-order valence-corrected chi connectivity index (χ2v) is 9.66. The van der Waals surface area contributed by atoms with E-state index in [-0.39, 0.29) is 0 Å². The quantitative estimate of drug-likeness (QED) is 0.221. The van der Waals surface area contributed by atoms with Crippen molar-refractivity contribution in [3.63, 3.8) is 0 Å². The summed E-state index contributed by atoms with van der Waals surface area (Å²) in [7, 11) is 0. The molecule has 2 atom stereocenters. The Morgan fingerprint density at radius 3 is 1.10 bits per heavy atom. The first-order valence-corrected chi connectivity index (χ1v) is 13.5. The topological polar surface area (TPSA) is 51.6 Å². The van der Waals surface area contributed by atoms with Crippen LogP contribution in [-0.4, -0.2) is 19.9 Å². The molecule has 6 rings (SSSR count). The Balaban J connectivity index is 0.000000161. The van der Waals surface area contributed by atoms with Crippen LogP contribution in [0.25, 0.3) is 22.8 Å². The average Bonchev–Trinajstić information content (AvgIpc) is 3.06. The molecule has 4 aromatic carbocycles. The first kappa shape index (κ1) is 26.6. The standard InChI is InChI=1S/2C18H16N2/c2*1-14(15-7-3-2-4-8-15)16-9-5-10-17(13-16)18-19-11-6-12-20-18/h2*2-14H,1H3/t2*14-/m00/s1. The van der Waals surface area contributed by atoms with Crippen molar-refractivity contribution in [2.24, 2.45) is 0 Å². The Morgan fingerprint density at radius 1 is 0.375 bits per heavy atom. The van der Waals surface area contributed by atoms with E-state index in [1.807, 2.05) is 24.3 Å². The third-order valence-electron chi connectivity index (χ3n) is 7.02. The van der Waals surface area contributed by atoms with Gasteiger partial charge >= 0.3 is 0 Å². The van der Waals surface area contributed by atoms with E-state index >= 15 is 0 Å². The summed E-state index contributed by atoms with van der Waals surface area (Å²) in [5.74, 6) is 2.27. The van der Waals surface area contributed by atoms with E-state index in [0.29, 0.717) is 11.8 Å². The second kappa shape index (κ2) is 13.2. The minimum absolute atomic E-state index is 0.361. The van der Waals surface area contributed by atoms with Gasteiger partial charge in [0.15, 0.2) is 11.6 Å². The SMILES string of the molecule is C[C@@H](c1ccccc1)c1cccc(-c2ncccn2)c1.C[C@@H](c1ccccc1)c1cccc(-c2ncccn2)c1. The van der Waals surface area contributed by atoms with Gasteiger partial charge in [0.1, 0.15) is 0 Å². The van der Waals surface area contributed by atoms with Gasteiger partial charge in [-0.3, -0.25) is 0 Å². The van der Waals surface area contributed by atoms with Crippen molar-refractivity contribution in [2.45, 2.75) is 25.7 Å². The number of benzene rings is 4. The summed E-state index contributed by atoms with van der Waals surface area (Å²) >= 11 is 0. The van der Waals surface area contributed by atoms with E-state index < -0.39 is 0 Å². The van der Waals surface area contributed by atoms with Gasteiger partial charge in [-0.2, -0.15) is 0 Å². The highest BCUT2D eigenvalue weighted by Gasteiger charge is 2.11. The number of aromatic nitrogens is 4. The molecule has 0 bridgehead atoms. The summed E-state index contributed by atoms with van der Waals surface area (Å²) in [5.41, 5.74) is 7.32. The lowest BCUT2D eigenvalue weighted by Crippen LogP contribution is -1.96. The molecular formula is C36H32N4. The fourth-order valence-corrected chi connectivity index (χ4v) is 4.66. The van der Waals surface area contributed by atoms with E-state index in [2.05, 4.69) is 131 Å². The molecule has 0 spiro atoms. The molecule has 0 fully saturated rings. The minimum atomic E-state index is 0.361. The molecule has 0 amide bonds. The normalized spacial score (nSPS) is 12.1. The van der Waals surface area contributed by atoms with Crippen LogP contribution in [0.3, 0.4) is 0 Å². The predicted molar refractivity (Wildman–Crippen MR) is 163 cm³/mol. The zero-order valence-corrected chi connectivity index (χ0v) is 22.8. The number of rotatable bonds is 6. The van der Waals surface area contributed by atoms with E-state index in [1.54, 1.807) is 24.8 Å². The van der Waals surface area contributed by atoms with E-state index in [0.717, 1.165) is 22.8 Å². The highest BCUT2D eigenvalue weighted by Crippen LogP contribution is 2.28. The maximum absolute atomic E-state index is 4.31. The van der Waals surface area contributed by atoms with Crippen LogP contribution in [0.15, 0.2) is 146 Å². The van der Waals surface area contributed by atoms with Crippen LogP contribution < -0.4 is 0 Å². The summed E-state index contributed by atoms with van der Waals surface area (Å²) in [6.45, 7) is 4.45. The van der Waals surface area contributed by atoms with Crippen molar-refractivity contribution in [1.82, 2.24) is 19.9 Å². The van der Waals surface area contributed by atoms with Crippen molar-refractivity contribution >= 4 is 0 Å². The van der Waals surface area contributed by atoms with E-state index in [9.17, 15) is 0 Å².